The molecule has 3 heterocycles. The minimum Gasteiger partial charge on any atom is -0.338 e. The molecule has 0 spiro atoms. The Morgan fingerprint density at radius 2 is 0.939 bits per heavy atom. The van der Waals surface area contributed by atoms with Crippen molar-refractivity contribution in [3.63, 3.8) is 0 Å². The van der Waals surface area contributed by atoms with E-state index < -0.39 is 0 Å². The average Bonchev–Trinajstić information content (AvgIpc) is 2.86. The van der Waals surface area contributed by atoms with Crippen LogP contribution in [-0.4, -0.2) is 77.1 Å². The zero-order valence-electron chi connectivity index (χ0n) is 18.9. The van der Waals surface area contributed by atoms with Gasteiger partial charge in [0.1, 0.15) is 0 Å². The average molecular weight is 464 g/mol. The molecule has 7 nitrogen and oxygen atoms in total. The maximum Gasteiger partial charge on any atom is 0.231 e. The lowest BCUT2D eigenvalue weighted by Crippen LogP contribution is -2.48. The summed E-state index contributed by atoms with van der Waals surface area (Å²) in [4.78, 5) is 23.1. The molecule has 0 saturated carbocycles. The summed E-state index contributed by atoms with van der Waals surface area (Å²) < 4.78 is 0. The van der Waals surface area contributed by atoms with Crippen molar-refractivity contribution in [3.8, 4) is 0 Å². The summed E-state index contributed by atoms with van der Waals surface area (Å²) in [5.74, 6) is 1.38. The van der Waals surface area contributed by atoms with Crippen LogP contribution in [0.25, 0.3) is 0 Å². The summed E-state index contributed by atoms with van der Waals surface area (Å²) in [6, 6.07) is 21.3. The molecule has 3 aromatic rings. The topological polar surface area (TPSA) is 51.6 Å². The highest BCUT2D eigenvalue weighted by atomic mass is 35.5. The van der Waals surface area contributed by atoms with E-state index in [0.29, 0.717) is 11.9 Å². The lowest BCUT2D eigenvalue weighted by atomic mass is 10.2. The molecule has 2 saturated heterocycles. The molecular weight excluding hydrogens is 434 g/mol. The van der Waals surface area contributed by atoms with Gasteiger partial charge in [-0.05, 0) is 22.7 Å². The SMILES string of the molecule is Clc1nc(N2CCN(Cc3ccccc3)CC2)nc(N2CCN(Cc3ccccc3)CC2)n1. The first-order valence-electron chi connectivity index (χ1n) is 11.7. The highest BCUT2D eigenvalue weighted by Crippen LogP contribution is 2.20. The third-order valence-corrected chi connectivity index (χ3v) is 6.56. The van der Waals surface area contributed by atoms with Crippen LogP contribution in [0.4, 0.5) is 11.9 Å². The number of anilines is 2. The zero-order valence-corrected chi connectivity index (χ0v) is 19.6. The molecule has 5 rings (SSSR count). The summed E-state index contributed by atoms with van der Waals surface area (Å²) in [6.07, 6.45) is 0. The summed E-state index contributed by atoms with van der Waals surface area (Å²) in [7, 11) is 0. The van der Waals surface area contributed by atoms with Gasteiger partial charge in [0.2, 0.25) is 17.2 Å². The number of hydrogen-bond acceptors (Lipinski definition) is 7. The van der Waals surface area contributed by atoms with Gasteiger partial charge in [-0.2, -0.15) is 15.0 Å². The van der Waals surface area contributed by atoms with Crippen molar-refractivity contribution in [2.24, 2.45) is 0 Å². The molecule has 172 valence electrons. The zero-order chi connectivity index (χ0) is 22.5. The fraction of sp³-hybridized carbons (Fsp3) is 0.400. The Balaban J connectivity index is 1.17. The van der Waals surface area contributed by atoms with Crippen LogP contribution in [0.1, 0.15) is 11.1 Å². The van der Waals surface area contributed by atoms with Gasteiger partial charge in [0.25, 0.3) is 0 Å². The van der Waals surface area contributed by atoms with Gasteiger partial charge in [0, 0.05) is 65.4 Å². The van der Waals surface area contributed by atoms with Crippen molar-refractivity contribution in [1.82, 2.24) is 24.8 Å². The molecule has 2 aliphatic heterocycles. The predicted octanol–water partition coefficient (Wildman–Crippen LogP) is 3.17. The number of piperazine rings is 2. The van der Waals surface area contributed by atoms with Crippen LogP contribution in [0, 0.1) is 0 Å². The molecule has 0 aliphatic carbocycles. The molecule has 0 amide bonds. The molecule has 2 fully saturated rings. The van der Waals surface area contributed by atoms with Crippen molar-refractivity contribution < 1.29 is 0 Å². The molecule has 1 aromatic heterocycles. The second-order valence-electron chi connectivity index (χ2n) is 8.70. The van der Waals surface area contributed by atoms with Crippen molar-refractivity contribution >= 4 is 23.5 Å². The number of benzene rings is 2. The van der Waals surface area contributed by atoms with E-state index in [0.717, 1.165) is 65.4 Å². The Labute approximate surface area is 200 Å². The second-order valence-corrected chi connectivity index (χ2v) is 9.04. The second kappa shape index (κ2) is 10.5. The van der Waals surface area contributed by atoms with Crippen LogP contribution in [0.2, 0.25) is 5.28 Å². The Bertz CT molecular complexity index is 938. The maximum absolute atomic E-state index is 6.32. The van der Waals surface area contributed by atoms with E-state index in [4.69, 9.17) is 16.6 Å². The van der Waals surface area contributed by atoms with E-state index in [1.54, 1.807) is 0 Å². The molecule has 0 unspecified atom stereocenters. The van der Waals surface area contributed by atoms with E-state index in [1.165, 1.54) is 11.1 Å². The summed E-state index contributed by atoms with van der Waals surface area (Å²) >= 11 is 6.32. The number of nitrogens with zero attached hydrogens (tertiary/aromatic N) is 7. The highest BCUT2D eigenvalue weighted by molar-refractivity contribution is 6.28. The quantitative estimate of drug-likeness (QED) is 0.556. The number of hydrogen-bond donors (Lipinski definition) is 0. The minimum absolute atomic E-state index is 0.272. The lowest BCUT2D eigenvalue weighted by molar-refractivity contribution is 0.247. The molecule has 0 atom stereocenters. The molecule has 2 aromatic carbocycles. The fourth-order valence-electron chi connectivity index (χ4n) is 4.51. The first kappa shape index (κ1) is 22.1. The largest absolute Gasteiger partial charge is 0.338 e. The van der Waals surface area contributed by atoms with E-state index in [1.807, 2.05) is 0 Å². The smallest absolute Gasteiger partial charge is 0.231 e. The summed E-state index contributed by atoms with van der Waals surface area (Å²) in [6.45, 7) is 9.41. The maximum atomic E-state index is 6.32. The Morgan fingerprint density at radius 1 is 0.545 bits per heavy atom. The van der Waals surface area contributed by atoms with Gasteiger partial charge in [-0.25, -0.2) is 0 Å². The van der Waals surface area contributed by atoms with Gasteiger partial charge < -0.3 is 9.80 Å². The molecule has 0 radical (unpaired) electrons. The van der Waals surface area contributed by atoms with Crippen LogP contribution < -0.4 is 9.80 Å². The van der Waals surface area contributed by atoms with Crippen LogP contribution >= 0.6 is 11.6 Å². The fourth-order valence-corrected chi connectivity index (χ4v) is 4.66. The third-order valence-electron chi connectivity index (χ3n) is 6.39. The standard InChI is InChI=1S/C25H30ClN7/c26-23-27-24(32-15-11-30(12-16-32)19-21-7-3-1-4-8-21)29-25(28-23)33-17-13-31(14-18-33)20-22-9-5-2-6-10-22/h1-10H,11-20H2. The highest BCUT2D eigenvalue weighted by Gasteiger charge is 2.24. The lowest BCUT2D eigenvalue weighted by Gasteiger charge is -2.36. The van der Waals surface area contributed by atoms with E-state index >= 15 is 0 Å². The van der Waals surface area contributed by atoms with Gasteiger partial charge in [-0.15, -0.1) is 0 Å². The van der Waals surface area contributed by atoms with Crippen molar-refractivity contribution in [3.05, 3.63) is 77.1 Å². The van der Waals surface area contributed by atoms with E-state index in [-0.39, 0.29) is 5.28 Å². The molecule has 33 heavy (non-hydrogen) atoms. The van der Waals surface area contributed by atoms with Crippen molar-refractivity contribution in [1.29, 1.82) is 0 Å². The van der Waals surface area contributed by atoms with Gasteiger partial charge in [0.15, 0.2) is 0 Å². The number of aromatic nitrogens is 3. The number of rotatable bonds is 6. The van der Waals surface area contributed by atoms with Crippen molar-refractivity contribution in [2.45, 2.75) is 13.1 Å². The Hall–Kier alpha value is -2.74. The Kier molecular flexibility index (Phi) is 7.00. The number of halogens is 1. The van der Waals surface area contributed by atoms with E-state index in [2.05, 4.69) is 90.2 Å². The molecule has 0 bridgehead atoms. The first-order chi connectivity index (χ1) is 16.2. The minimum atomic E-state index is 0.272. The van der Waals surface area contributed by atoms with Crippen LogP contribution in [0.3, 0.4) is 0 Å². The predicted molar refractivity (Wildman–Crippen MR) is 133 cm³/mol. The van der Waals surface area contributed by atoms with Crippen LogP contribution in [-0.2, 0) is 13.1 Å². The molecular formula is C25H30ClN7. The van der Waals surface area contributed by atoms with Gasteiger partial charge >= 0.3 is 0 Å². The summed E-state index contributed by atoms with van der Waals surface area (Å²) in [5, 5.41) is 0.272. The normalized spacial score (nSPS) is 18.0. The first-order valence-corrected chi connectivity index (χ1v) is 12.0. The monoisotopic (exact) mass is 463 g/mol. The van der Waals surface area contributed by atoms with Gasteiger partial charge in [-0.1, -0.05) is 60.7 Å². The van der Waals surface area contributed by atoms with Crippen LogP contribution in [0.15, 0.2) is 60.7 Å². The molecule has 2 aliphatic rings. The van der Waals surface area contributed by atoms with Gasteiger partial charge in [-0.3, -0.25) is 9.80 Å². The van der Waals surface area contributed by atoms with Crippen LogP contribution in [0.5, 0.6) is 0 Å². The van der Waals surface area contributed by atoms with E-state index in [9.17, 15) is 0 Å². The van der Waals surface area contributed by atoms with Crippen molar-refractivity contribution in [2.75, 3.05) is 62.2 Å². The van der Waals surface area contributed by atoms with Gasteiger partial charge in [0.05, 0.1) is 0 Å². The molecule has 0 N–H and O–H groups in total. The third kappa shape index (κ3) is 5.79. The Morgan fingerprint density at radius 3 is 1.33 bits per heavy atom. The molecule has 8 heteroatoms. The summed E-state index contributed by atoms with van der Waals surface area (Å²) in [5.41, 5.74) is 2.70.